The number of nitrogens with one attached hydrogen (secondary N) is 2. The topological polar surface area (TPSA) is 121 Å². The Bertz CT molecular complexity index is 658. The number of hydrogen-bond donors (Lipinski definition) is 2. The predicted molar refractivity (Wildman–Crippen MR) is 95.8 cm³/mol. The average molecular weight is 365 g/mol. The van der Waals surface area contributed by atoms with Crippen molar-refractivity contribution in [3.63, 3.8) is 0 Å². The molecule has 0 radical (unpaired) electrons. The van der Waals surface area contributed by atoms with Crippen molar-refractivity contribution in [2.75, 3.05) is 19.6 Å². The summed E-state index contributed by atoms with van der Waals surface area (Å²) in [6.45, 7) is 5.03. The van der Waals surface area contributed by atoms with E-state index >= 15 is 0 Å². The number of nitrogens with zero attached hydrogens (tertiary/aromatic N) is 3. The number of aromatic amines is 1. The fourth-order valence-electron chi connectivity index (χ4n) is 3.23. The van der Waals surface area contributed by atoms with Gasteiger partial charge in [-0.25, -0.2) is 0 Å². The molecule has 1 fully saturated rings. The van der Waals surface area contributed by atoms with E-state index in [9.17, 15) is 19.7 Å². The Labute approximate surface area is 152 Å². The van der Waals surface area contributed by atoms with Crippen LogP contribution in [-0.2, 0) is 4.79 Å². The van der Waals surface area contributed by atoms with Crippen molar-refractivity contribution in [2.45, 2.75) is 52.4 Å². The van der Waals surface area contributed by atoms with Gasteiger partial charge >= 0.3 is 5.69 Å². The highest BCUT2D eigenvalue weighted by atomic mass is 16.6. The highest BCUT2D eigenvalue weighted by Gasteiger charge is 2.34. The minimum absolute atomic E-state index is 0.0493. The highest BCUT2D eigenvalue weighted by Crippen LogP contribution is 2.24. The van der Waals surface area contributed by atoms with Crippen LogP contribution in [0.4, 0.5) is 5.69 Å². The monoisotopic (exact) mass is 365 g/mol. The van der Waals surface area contributed by atoms with Crippen LogP contribution in [-0.4, -0.2) is 51.5 Å². The summed E-state index contributed by atoms with van der Waals surface area (Å²) in [5, 5.41) is 20.4. The van der Waals surface area contributed by atoms with Crippen LogP contribution in [0, 0.1) is 23.0 Å². The van der Waals surface area contributed by atoms with E-state index in [4.69, 9.17) is 0 Å². The maximum absolute atomic E-state index is 12.6. The summed E-state index contributed by atoms with van der Waals surface area (Å²) >= 11 is 0. The van der Waals surface area contributed by atoms with Crippen molar-refractivity contribution in [3.05, 3.63) is 21.5 Å². The lowest BCUT2D eigenvalue weighted by Gasteiger charge is -2.31. The van der Waals surface area contributed by atoms with E-state index in [0.717, 1.165) is 25.7 Å². The van der Waals surface area contributed by atoms with Crippen molar-refractivity contribution in [1.29, 1.82) is 0 Å². The number of carbonyl (C=O) groups excluding carboxylic acids is 2. The van der Waals surface area contributed by atoms with Gasteiger partial charge in [-0.3, -0.25) is 24.8 Å². The molecule has 1 aromatic rings. The van der Waals surface area contributed by atoms with E-state index in [1.54, 1.807) is 0 Å². The van der Waals surface area contributed by atoms with Gasteiger partial charge in [-0.15, -0.1) is 0 Å². The Morgan fingerprint density at radius 3 is 2.85 bits per heavy atom. The third-order valence-electron chi connectivity index (χ3n) is 4.71. The molecule has 26 heavy (non-hydrogen) atoms. The van der Waals surface area contributed by atoms with E-state index < -0.39 is 10.8 Å². The maximum atomic E-state index is 12.6. The van der Waals surface area contributed by atoms with Crippen molar-refractivity contribution >= 4 is 17.5 Å². The zero-order chi connectivity index (χ0) is 19.1. The largest absolute Gasteiger partial charge is 0.356 e. The Morgan fingerprint density at radius 1 is 1.38 bits per heavy atom. The van der Waals surface area contributed by atoms with E-state index in [-0.39, 0.29) is 35.4 Å². The predicted octanol–water partition coefficient (Wildman–Crippen LogP) is 2.18. The lowest BCUT2D eigenvalue weighted by atomic mass is 9.96. The molecule has 1 aliphatic rings. The summed E-state index contributed by atoms with van der Waals surface area (Å²) in [4.78, 5) is 37.0. The molecule has 1 unspecified atom stereocenters. The minimum atomic E-state index is -0.601. The van der Waals surface area contributed by atoms with E-state index in [0.29, 0.717) is 25.9 Å². The first kappa shape index (κ1) is 19.9. The normalized spacial score (nSPS) is 17.2. The van der Waals surface area contributed by atoms with E-state index in [1.165, 1.54) is 11.8 Å². The summed E-state index contributed by atoms with van der Waals surface area (Å²) in [7, 11) is 0. The minimum Gasteiger partial charge on any atom is -0.356 e. The summed E-state index contributed by atoms with van der Waals surface area (Å²) in [5.41, 5.74) is -0.234. The SMILES string of the molecule is CCCCCCNC(=O)C1CCCN(C(=O)c2n[nH]c(C)c2[N+](=O)[O-])C1. The van der Waals surface area contributed by atoms with Crippen molar-refractivity contribution in [2.24, 2.45) is 5.92 Å². The highest BCUT2D eigenvalue weighted by molar-refractivity contribution is 5.97. The first-order valence-electron chi connectivity index (χ1n) is 9.22. The van der Waals surface area contributed by atoms with Crippen molar-refractivity contribution in [1.82, 2.24) is 20.4 Å². The number of unbranched alkanes of at least 4 members (excludes halogenated alkanes) is 3. The van der Waals surface area contributed by atoms with Gasteiger partial charge in [0.2, 0.25) is 11.6 Å². The first-order valence-corrected chi connectivity index (χ1v) is 9.22. The van der Waals surface area contributed by atoms with Gasteiger partial charge in [0, 0.05) is 19.6 Å². The zero-order valence-electron chi connectivity index (χ0n) is 15.4. The molecule has 2 amide bonds. The summed E-state index contributed by atoms with van der Waals surface area (Å²) in [6.07, 6.45) is 5.75. The number of likely N-dealkylation sites (tertiary alicyclic amines) is 1. The second-order valence-electron chi connectivity index (χ2n) is 6.74. The molecule has 0 aliphatic carbocycles. The zero-order valence-corrected chi connectivity index (χ0v) is 15.4. The number of rotatable bonds is 8. The van der Waals surface area contributed by atoms with Gasteiger partial charge in [0.15, 0.2) is 0 Å². The number of piperidine rings is 1. The number of aromatic nitrogens is 2. The number of amides is 2. The molecule has 0 spiro atoms. The molecule has 1 atom stereocenters. The number of hydrogen-bond acceptors (Lipinski definition) is 5. The molecule has 2 rings (SSSR count). The van der Waals surface area contributed by atoms with Crippen LogP contribution in [0.2, 0.25) is 0 Å². The number of H-pyrrole nitrogens is 1. The molecule has 0 aromatic carbocycles. The Kier molecular flexibility index (Phi) is 7.11. The number of carbonyl (C=O) groups is 2. The second-order valence-corrected chi connectivity index (χ2v) is 6.74. The van der Waals surface area contributed by atoms with Crippen LogP contribution in [0.5, 0.6) is 0 Å². The standard InChI is InChI=1S/C17H27N5O4/c1-3-4-5-6-9-18-16(23)13-8-7-10-21(11-13)17(24)14-15(22(25)26)12(2)19-20-14/h13H,3-11H2,1-2H3,(H,18,23)(H,19,20). The van der Waals surface area contributed by atoms with Crippen molar-refractivity contribution < 1.29 is 14.5 Å². The number of aryl methyl sites for hydroxylation is 1. The first-order chi connectivity index (χ1) is 12.5. The summed E-state index contributed by atoms with van der Waals surface area (Å²) in [5.74, 6) is -0.828. The average Bonchev–Trinajstić information content (AvgIpc) is 3.02. The third-order valence-corrected chi connectivity index (χ3v) is 4.71. The molecule has 1 aliphatic heterocycles. The lowest BCUT2D eigenvalue weighted by Crippen LogP contribution is -2.45. The number of nitro groups is 1. The summed E-state index contributed by atoms with van der Waals surface area (Å²) in [6, 6.07) is 0. The second kappa shape index (κ2) is 9.30. The molecule has 2 N–H and O–H groups in total. The van der Waals surface area contributed by atoms with Crippen LogP contribution < -0.4 is 5.32 Å². The van der Waals surface area contributed by atoms with Gasteiger partial charge in [0.1, 0.15) is 5.69 Å². The fourth-order valence-corrected chi connectivity index (χ4v) is 3.23. The third kappa shape index (κ3) is 4.80. The fraction of sp³-hybridized carbons (Fsp3) is 0.706. The molecule has 1 aromatic heterocycles. The van der Waals surface area contributed by atoms with Gasteiger partial charge in [-0.05, 0) is 26.2 Å². The maximum Gasteiger partial charge on any atom is 0.322 e. The smallest absolute Gasteiger partial charge is 0.322 e. The molecular formula is C17H27N5O4. The molecule has 1 saturated heterocycles. The van der Waals surface area contributed by atoms with E-state index in [2.05, 4.69) is 22.4 Å². The van der Waals surface area contributed by atoms with Gasteiger partial charge < -0.3 is 10.2 Å². The van der Waals surface area contributed by atoms with Crippen LogP contribution in [0.3, 0.4) is 0 Å². The van der Waals surface area contributed by atoms with Crippen LogP contribution in [0.1, 0.15) is 61.6 Å². The quantitative estimate of drug-likeness (QED) is 0.415. The molecule has 0 bridgehead atoms. The van der Waals surface area contributed by atoms with Gasteiger partial charge in [0.25, 0.3) is 5.91 Å². The van der Waals surface area contributed by atoms with Gasteiger partial charge in [-0.2, -0.15) is 5.10 Å². The molecule has 9 heteroatoms. The van der Waals surface area contributed by atoms with Gasteiger partial charge in [0.05, 0.1) is 10.8 Å². The molecule has 0 saturated carbocycles. The Morgan fingerprint density at radius 2 is 2.15 bits per heavy atom. The van der Waals surface area contributed by atoms with Crippen molar-refractivity contribution in [3.8, 4) is 0 Å². The molecule has 2 heterocycles. The molecule has 144 valence electrons. The Balaban J connectivity index is 1.94. The van der Waals surface area contributed by atoms with Crippen LogP contribution in [0.15, 0.2) is 0 Å². The Hall–Kier alpha value is -2.45. The lowest BCUT2D eigenvalue weighted by molar-refractivity contribution is -0.385. The van der Waals surface area contributed by atoms with Crippen LogP contribution in [0.25, 0.3) is 0 Å². The molecule has 9 nitrogen and oxygen atoms in total. The molecular weight excluding hydrogens is 338 g/mol. The van der Waals surface area contributed by atoms with E-state index in [1.807, 2.05) is 0 Å². The summed E-state index contributed by atoms with van der Waals surface area (Å²) < 4.78 is 0. The van der Waals surface area contributed by atoms with Gasteiger partial charge in [-0.1, -0.05) is 26.2 Å². The van der Waals surface area contributed by atoms with Crippen LogP contribution >= 0.6 is 0 Å².